The second-order valence-electron chi connectivity index (χ2n) is 5.58. The molecule has 0 atom stereocenters. The van der Waals surface area contributed by atoms with Gasteiger partial charge in [0.15, 0.2) is 5.69 Å². The van der Waals surface area contributed by atoms with Gasteiger partial charge in [-0.1, -0.05) is 18.2 Å². The number of aromatic nitrogens is 2. The summed E-state index contributed by atoms with van der Waals surface area (Å²) in [5.74, 6) is 2.07. The summed E-state index contributed by atoms with van der Waals surface area (Å²) in [6.07, 6.45) is 3.47. The van der Waals surface area contributed by atoms with E-state index in [9.17, 15) is 0 Å². The summed E-state index contributed by atoms with van der Waals surface area (Å²) < 4.78 is 10.0. The Morgan fingerprint density at radius 1 is 1.04 bits per heavy atom. The first-order valence-electron chi connectivity index (χ1n) is 7.84. The van der Waals surface area contributed by atoms with E-state index in [1.165, 1.54) is 34.3 Å². The topological polar surface area (TPSA) is 18.0 Å². The van der Waals surface area contributed by atoms with Gasteiger partial charge in [0.1, 0.15) is 17.6 Å². The molecule has 0 radical (unpaired) electrons. The number of fused-ring (bicyclic) bond motifs is 1. The highest BCUT2D eigenvalue weighted by Gasteiger charge is 2.28. The van der Waals surface area contributed by atoms with Crippen LogP contribution in [0, 0.1) is 0 Å². The number of hydrogen-bond acceptors (Lipinski definition) is 2. The van der Waals surface area contributed by atoms with Crippen LogP contribution >= 0.6 is 11.8 Å². The van der Waals surface area contributed by atoms with Crippen LogP contribution in [0.25, 0.3) is 16.9 Å². The molecule has 0 spiro atoms. The maximum absolute atomic E-state index is 5.28. The molecule has 0 bridgehead atoms. The maximum atomic E-state index is 5.28. The lowest BCUT2D eigenvalue weighted by molar-refractivity contribution is -0.724. The number of para-hydroxylation sites is 1. The van der Waals surface area contributed by atoms with Gasteiger partial charge < -0.3 is 21.7 Å². The van der Waals surface area contributed by atoms with Crippen molar-refractivity contribution in [3.63, 3.8) is 0 Å². The van der Waals surface area contributed by atoms with Crippen LogP contribution in [0.5, 0.6) is 5.75 Å². The second kappa shape index (κ2) is 7.45. The molecule has 0 saturated carbocycles. The number of rotatable bonds is 3. The average Bonchev–Trinajstić information content (AvgIpc) is 3.02. The summed E-state index contributed by atoms with van der Waals surface area (Å²) in [7, 11) is 1.70. The zero-order chi connectivity index (χ0) is 15.6. The molecule has 0 amide bonds. The molecule has 2 aromatic carbocycles. The lowest BCUT2D eigenvalue weighted by atomic mass is 10.1. The third-order valence-corrected chi connectivity index (χ3v) is 5.32. The Hall–Kier alpha value is -1.72. The summed E-state index contributed by atoms with van der Waals surface area (Å²) in [6.45, 7) is 1.07. The number of hydrogen-bond donors (Lipinski definition) is 0. The van der Waals surface area contributed by atoms with Crippen LogP contribution in [0.3, 0.4) is 0 Å². The standard InChI is InChI=1S/C19H19N2OS.BrH/c1-22-17-10-8-15(9-11-17)18-14-21(16-6-3-2-4-7-16)19-20(18)12-5-13-23-19;/h2-4,6-11,14H,5,12-13H2,1H3;1H/q+1;/p-1. The first-order valence-corrected chi connectivity index (χ1v) is 8.83. The van der Waals surface area contributed by atoms with Crippen LogP contribution in [0.15, 0.2) is 66.0 Å². The monoisotopic (exact) mass is 402 g/mol. The molecular formula is C19H19BrN2OS. The normalized spacial score (nSPS) is 13.0. The van der Waals surface area contributed by atoms with E-state index in [4.69, 9.17) is 4.74 Å². The smallest absolute Gasteiger partial charge is 0.323 e. The molecule has 0 saturated heterocycles. The summed E-state index contributed by atoms with van der Waals surface area (Å²) >= 11 is 1.93. The van der Waals surface area contributed by atoms with Gasteiger partial charge in [0.25, 0.3) is 0 Å². The van der Waals surface area contributed by atoms with E-state index in [0.29, 0.717) is 0 Å². The molecule has 0 fully saturated rings. The lowest BCUT2D eigenvalue weighted by Crippen LogP contribution is -3.00. The Morgan fingerprint density at radius 3 is 2.50 bits per heavy atom. The summed E-state index contributed by atoms with van der Waals surface area (Å²) in [5.41, 5.74) is 3.70. The number of imidazole rings is 1. The summed E-state index contributed by atoms with van der Waals surface area (Å²) in [5, 5.41) is 1.31. The van der Waals surface area contributed by atoms with Gasteiger partial charge in [0.2, 0.25) is 0 Å². The van der Waals surface area contributed by atoms with Crippen molar-refractivity contribution in [1.82, 2.24) is 4.57 Å². The fourth-order valence-corrected chi connectivity index (χ4v) is 4.09. The second-order valence-corrected chi connectivity index (χ2v) is 6.65. The summed E-state index contributed by atoms with van der Waals surface area (Å²) in [4.78, 5) is 0. The molecular weight excluding hydrogens is 384 g/mol. The SMILES string of the molecule is COc1ccc(-c2cn(-c3ccccc3)c3[n+]2CCCS3)cc1.[Br-]. The lowest BCUT2D eigenvalue weighted by Gasteiger charge is -2.10. The summed E-state index contributed by atoms with van der Waals surface area (Å²) in [6, 6.07) is 18.9. The molecule has 5 heteroatoms. The first kappa shape index (κ1) is 17.1. The quantitative estimate of drug-likeness (QED) is 0.606. The van der Waals surface area contributed by atoms with Gasteiger partial charge in [-0.3, -0.25) is 0 Å². The van der Waals surface area contributed by atoms with Gasteiger partial charge in [0.05, 0.1) is 13.7 Å². The number of methoxy groups -OCH3 is 1. The molecule has 24 heavy (non-hydrogen) atoms. The Morgan fingerprint density at radius 2 is 1.79 bits per heavy atom. The molecule has 0 aliphatic carbocycles. The van der Waals surface area contributed by atoms with E-state index in [2.05, 4.69) is 57.8 Å². The number of thioether (sulfide) groups is 1. The molecule has 0 unspecified atom stereocenters. The maximum Gasteiger partial charge on any atom is 0.323 e. The van der Waals surface area contributed by atoms with Crippen LogP contribution in [0.2, 0.25) is 0 Å². The molecule has 1 aromatic heterocycles. The van der Waals surface area contributed by atoms with E-state index in [-0.39, 0.29) is 17.0 Å². The molecule has 4 rings (SSSR count). The van der Waals surface area contributed by atoms with E-state index < -0.39 is 0 Å². The van der Waals surface area contributed by atoms with E-state index in [1.807, 2.05) is 23.9 Å². The first-order chi connectivity index (χ1) is 11.4. The van der Waals surface area contributed by atoms with Gasteiger partial charge in [-0.15, -0.1) is 0 Å². The molecule has 3 nitrogen and oxygen atoms in total. The van der Waals surface area contributed by atoms with Crippen molar-refractivity contribution in [3.05, 3.63) is 60.8 Å². The highest BCUT2D eigenvalue weighted by molar-refractivity contribution is 7.99. The average molecular weight is 403 g/mol. The van der Waals surface area contributed by atoms with Crippen molar-refractivity contribution in [2.75, 3.05) is 12.9 Å². The molecule has 3 aromatic rings. The number of halogens is 1. The molecule has 124 valence electrons. The van der Waals surface area contributed by atoms with Crippen molar-refractivity contribution in [2.45, 2.75) is 18.1 Å². The minimum absolute atomic E-state index is 0. The van der Waals surface area contributed by atoms with Crippen LogP contribution < -0.4 is 26.3 Å². The van der Waals surface area contributed by atoms with Crippen LogP contribution in [0.1, 0.15) is 6.42 Å². The minimum atomic E-state index is 0. The highest BCUT2D eigenvalue weighted by atomic mass is 79.9. The number of ether oxygens (including phenoxy) is 1. The van der Waals surface area contributed by atoms with Crippen LogP contribution in [-0.4, -0.2) is 17.4 Å². The third kappa shape index (κ3) is 3.10. The Bertz CT molecular complexity index is 815. The highest BCUT2D eigenvalue weighted by Crippen LogP contribution is 2.29. The van der Waals surface area contributed by atoms with Crippen molar-refractivity contribution in [1.29, 1.82) is 0 Å². The van der Waals surface area contributed by atoms with E-state index in [0.717, 1.165) is 12.3 Å². The fourth-order valence-electron chi connectivity index (χ4n) is 3.00. The molecule has 2 heterocycles. The van der Waals surface area contributed by atoms with Crippen molar-refractivity contribution >= 4 is 11.8 Å². The largest absolute Gasteiger partial charge is 1.00 e. The van der Waals surface area contributed by atoms with E-state index >= 15 is 0 Å². The van der Waals surface area contributed by atoms with Crippen molar-refractivity contribution in [2.24, 2.45) is 0 Å². The number of benzene rings is 2. The Kier molecular flexibility index (Phi) is 5.31. The molecule has 1 aliphatic rings. The third-order valence-electron chi connectivity index (χ3n) is 4.16. The van der Waals surface area contributed by atoms with E-state index in [1.54, 1.807) is 7.11 Å². The van der Waals surface area contributed by atoms with Crippen molar-refractivity contribution < 1.29 is 26.3 Å². The van der Waals surface area contributed by atoms with Crippen LogP contribution in [0.4, 0.5) is 0 Å². The van der Waals surface area contributed by atoms with Gasteiger partial charge >= 0.3 is 5.16 Å². The number of nitrogens with zero attached hydrogens (tertiary/aromatic N) is 2. The van der Waals surface area contributed by atoms with Gasteiger partial charge in [-0.05, 0) is 54.6 Å². The van der Waals surface area contributed by atoms with Gasteiger partial charge in [0, 0.05) is 11.3 Å². The Balaban J connectivity index is 0.00000169. The van der Waals surface area contributed by atoms with Gasteiger partial charge in [-0.25, -0.2) is 4.57 Å². The van der Waals surface area contributed by atoms with Crippen molar-refractivity contribution in [3.8, 4) is 22.7 Å². The molecule has 0 N–H and O–H groups in total. The van der Waals surface area contributed by atoms with Gasteiger partial charge in [-0.2, -0.15) is 4.57 Å². The predicted octanol–water partition coefficient (Wildman–Crippen LogP) is 0.940. The fraction of sp³-hybridized carbons (Fsp3) is 0.211. The zero-order valence-electron chi connectivity index (χ0n) is 13.5. The minimum Gasteiger partial charge on any atom is -1.00 e. The Labute approximate surface area is 157 Å². The predicted molar refractivity (Wildman–Crippen MR) is 93.3 cm³/mol. The van der Waals surface area contributed by atoms with Crippen LogP contribution in [-0.2, 0) is 6.54 Å². The zero-order valence-corrected chi connectivity index (χ0v) is 15.9. The molecule has 1 aliphatic heterocycles.